The molecule has 512 valence electrons. The zero-order chi connectivity index (χ0) is 71.9. The molecule has 0 amide bonds. The number of anilines is 6. The zero-order valence-electron chi connectivity index (χ0n) is 61.2. The molecular weight excluding hydrogens is 1290 g/mol. The van der Waals surface area contributed by atoms with E-state index < -0.39 is 0 Å². The van der Waals surface area contributed by atoms with E-state index in [-0.39, 0.29) is 21.7 Å². The van der Waals surface area contributed by atoms with Crippen LogP contribution in [0.5, 0.6) is 0 Å². The topological polar surface area (TPSA) is 59.0 Å². The van der Waals surface area contributed by atoms with Crippen molar-refractivity contribution < 1.29 is 17.7 Å². The lowest BCUT2D eigenvalue weighted by Crippen LogP contribution is -2.14. The number of para-hydroxylation sites is 2. The van der Waals surface area contributed by atoms with Crippen LogP contribution in [-0.2, 0) is 21.7 Å². The van der Waals surface area contributed by atoms with Crippen LogP contribution in [0.2, 0.25) is 0 Å². The first-order chi connectivity index (χ1) is 51.3. The molecule has 0 saturated carbocycles. The van der Waals surface area contributed by atoms with Gasteiger partial charge in [0.1, 0.15) is 33.9 Å². The standard InChI is InChI=1S/C100H78N2O4/c1-97(2,3)69-37-27-61(28-38-69)91-79-49-47-78-77(93(79)105-95(91)101(71-41-31-59(32-42-71)89-57-65-19-11-17-25-87(65)103-89)73-45-35-63-53-81-75-21-13-15-23-83(75)99(7,8)85(81)55-67(63)51-73)48-50-80-92(62-29-39-70(40-30-62)98(4,5)6)96(106-94(78)80)102(72-43-33-60(34-44-72)90-58-66-20-12-18-26-88(66)104-90)74-46-36-64-54-82-76-22-14-16-24-84(76)100(9,10)86(82)56-68(64)52-74/h11-58H,1-10H3. The Morgan fingerprint density at radius 1 is 0.264 bits per heavy atom. The molecule has 4 aromatic heterocycles. The van der Waals surface area contributed by atoms with Gasteiger partial charge in [-0.05, 0) is 245 Å². The molecule has 2 aliphatic carbocycles. The van der Waals surface area contributed by atoms with Crippen LogP contribution in [0.1, 0.15) is 103 Å². The lowest BCUT2D eigenvalue weighted by atomic mass is 9.82. The maximum Gasteiger partial charge on any atom is 0.213 e. The van der Waals surface area contributed by atoms with E-state index in [0.717, 1.165) is 133 Å². The molecule has 0 radical (unpaired) electrons. The third-order valence-corrected chi connectivity index (χ3v) is 23.2. The summed E-state index contributed by atoms with van der Waals surface area (Å²) in [5, 5.41) is 10.6. The normalized spacial score (nSPS) is 13.7. The minimum Gasteiger partial charge on any atom is -0.456 e. The molecule has 0 unspecified atom stereocenters. The summed E-state index contributed by atoms with van der Waals surface area (Å²) >= 11 is 0. The van der Waals surface area contributed by atoms with E-state index in [1.54, 1.807) is 0 Å². The highest BCUT2D eigenvalue weighted by Crippen LogP contribution is 2.56. The summed E-state index contributed by atoms with van der Waals surface area (Å²) in [6.45, 7) is 23.1. The Labute approximate surface area is 617 Å². The van der Waals surface area contributed by atoms with Gasteiger partial charge in [0.15, 0.2) is 0 Å². The third kappa shape index (κ3) is 9.90. The van der Waals surface area contributed by atoms with E-state index in [2.05, 4.69) is 346 Å². The monoisotopic (exact) mass is 1370 g/mol. The first kappa shape index (κ1) is 63.3. The molecular formula is C100H78N2O4. The van der Waals surface area contributed by atoms with Crippen LogP contribution in [0, 0.1) is 0 Å². The number of benzene rings is 14. The van der Waals surface area contributed by atoms with E-state index in [9.17, 15) is 0 Å². The number of nitrogens with zero attached hydrogens (tertiary/aromatic N) is 2. The second-order valence-corrected chi connectivity index (χ2v) is 32.5. The van der Waals surface area contributed by atoms with Gasteiger partial charge in [-0.3, -0.25) is 9.80 Å². The number of hydrogen-bond acceptors (Lipinski definition) is 6. The van der Waals surface area contributed by atoms with Gasteiger partial charge in [0.2, 0.25) is 11.8 Å². The summed E-state index contributed by atoms with van der Waals surface area (Å²) in [7, 11) is 0. The molecule has 20 rings (SSSR count). The van der Waals surface area contributed by atoms with Crippen LogP contribution in [0.4, 0.5) is 34.5 Å². The minimum absolute atomic E-state index is 0.0706. The third-order valence-electron chi connectivity index (χ3n) is 23.2. The number of furan rings is 4. The number of fused-ring (bicyclic) bond motifs is 15. The van der Waals surface area contributed by atoms with Crippen molar-refractivity contribution in [3.63, 3.8) is 0 Å². The first-order valence-corrected chi connectivity index (χ1v) is 37.1. The smallest absolute Gasteiger partial charge is 0.213 e. The lowest BCUT2D eigenvalue weighted by Gasteiger charge is -2.25. The van der Waals surface area contributed by atoms with Crippen molar-refractivity contribution in [2.45, 2.75) is 90.9 Å². The molecule has 0 fully saturated rings. The van der Waals surface area contributed by atoms with Gasteiger partial charge in [-0.1, -0.05) is 215 Å². The van der Waals surface area contributed by atoms with E-state index in [4.69, 9.17) is 17.7 Å². The molecule has 0 bridgehead atoms. The van der Waals surface area contributed by atoms with Gasteiger partial charge < -0.3 is 17.7 Å². The fraction of sp³-hybridized carbons (Fsp3) is 0.140. The highest BCUT2D eigenvalue weighted by molar-refractivity contribution is 6.21. The van der Waals surface area contributed by atoms with Crippen LogP contribution in [0.15, 0.2) is 309 Å². The molecule has 0 atom stereocenters. The van der Waals surface area contributed by atoms with Crippen molar-refractivity contribution in [3.05, 3.63) is 325 Å². The molecule has 14 aromatic carbocycles. The van der Waals surface area contributed by atoms with Gasteiger partial charge in [0.05, 0.1) is 11.1 Å². The number of rotatable bonds is 10. The Kier molecular flexibility index (Phi) is 13.8. The van der Waals surface area contributed by atoms with Crippen molar-refractivity contribution in [1.29, 1.82) is 0 Å². The largest absolute Gasteiger partial charge is 0.456 e. The van der Waals surface area contributed by atoms with Crippen molar-refractivity contribution >= 4 is 111 Å². The van der Waals surface area contributed by atoms with Gasteiger partial charge in [0.25, 0.3) is 0 Å². The maximum absolute atomic E-state index is 7.88. The fourth-order valence-corrected chi connectivity index (χ4v) is 17.3. The zero-order valence-corrected chi connectivity index (χ0v) is 61.2. The van der Waals surface area contributed by atoms with E-state index in [0.29, 0.717) is 11.8 Å². The van der Waals surface area contributed by atoms with Crippen molar-refractivity contribution in [1.82, 2.24) is 0 Å². The Balaban J connectivity index is 0.818. The van der Waals surface area contributed by atoms with E-state index in [1.165, 1.54) is 66.4 Å². The van der Waals surface area contributed by atoms with Crippen LogP contribution < -0.4 is 9.80 Å². The Morgan fingerprint density at radius 3 is 1.02 bits per heavy atom. The summed E-state index contributed by atoms with van der Waals surface area (Å²) in [6.07, 6.45) is 0. The van der Waals surface area contributed by atoms with E-state index >= 15 is 0 Å². The molecule has 18 aromatic rings. The van der Waals surface area contributed by atoms with Gasteiger partial charge in [0, 0.05) is 77.0 Å². The molecule has 6 nitrogen and oxygen atoms in total. The highest BCUT2D eigenvalue weighted by Gasteiger charge is 2.38. The van der Waals surface area contributed by atoms with Crippen molar-refractivity contribution in [3.8, 4) is 67.2 Å². The second kappa shape index (κ2) is 23.1. The first-order valence-electron chi connectivity index (χ1n) is 37.1. The average molecular weight is 1370 g/mol. The summed E-state index contributed by atoms with van der Waals surface area (Å²) in [4.78, 5) is 4.65. The van der Waals surface area contributed by atoms with Crippen molar-refractivity contribution in [2.24, 2.45) is 0 Å². The molecule has 6 heteroatoms. The number of hydrogen-bond donors (Lipinski definition) is 0. The quantitative estimate of drug-likeness (QED) is 0.136. The fourth-order valence-electron chi connectivity index (χ4n) is 17.3. The molecule has 106 heavy (non-hydrogen) atoms. The van der Waals surface area contributed by atoms with Crippen molar-refractivity contribution in [2.75, 3.05) is 9.80 Å². The predicted molar refractivity (Wildman–Crippen MR) is 442 cm³/mol. The maximum atomic E-state index is 7.88. The Morgan fingerprint density at radius 2 is 0.623 bits per heavy atom. The van der Waals surface area contributed by atoms with E-state index in [1.807, 2.05) is 24.3 Å². The summed E-state index contributed by atoms with van der Waals surface area (Å²) in [6, 6.07) is 107. The van der Waals surface area contributed by atoms with Crippen LogP contribution in [0.3, 0.4) is 0 Å². The molecule has 0 N–H and O–H groups in total. The van der Waals surface area contributed by atoms with Gasteiger partial charge in [-0.25, -0.2) is 0 Å². The van der Waals surface area contributed by atoms with Gasteiger partial charge >= 0.3 is 0 Å². The molecule has 0 saturated heterocycles. The average Bonchev–Trinajstić information content (AvgIpc) is 1.54. The van der Waals surface area contributed by atoms with Crippen LogP contribution >= 0.6 is 0 Å². The predicted octanol–water partition coefficient (Wildman–Crippen LogP) is 28.9. The lowest BCUT2D eigenvalue weighted by molar-refractivity contribution is 0.590. The minimum atomic E-state index is -0.185. The summed E-state index contributed by atoms with van der Waals surface area (Å²) in [5.41, 5.74) is 25.5. The van der Waals surface area contributed by atoms with Gasteiger partial charge in [-0.2, -0.15) is 0 Å². The second-order valence-electron chi connectivity index (χ2n) is 32.5. The van der Waals surface area contributed by atoms with Crippen LogP contribution in [0.25, 0.3) is 143 Å². The molecule has 0 spiro atoms. The summed E-state index contributed by atoms with van der Waals surface area (Å²) in [5.74, 6) is 3.01. The Hall–Kier alpha value is -12.4. The highest BCUT2D eigenvalue weighted by atomic mass is 16.4. The van der Waals surface area contributed by atoms with Gasteiger partial charge in [-0.15, -0.1) is 0 Å². The molecule has 4 heterocycles. The van der Waals surface area contributed by atoms with Crippen LogP contribution in [-0.4, -0.2) is 0 Å². The summed E-state index contributed by atoms with van der Waals surface area (Å²) < 4.78 is 28.8. The Bertz CT molecular complexity index is 6170. The molecule has 2 aliphatic rings. The molecule has 0 aliphatic heterocycles. The SMILES string of the molecule is CC(C)(C)c1ccc(-c2c(N(c3ccc(-c4cc5ccccc5o4)cc3)c3ccc4cc5c(cc4c3)C(C)(C)c3ccccc3-5)oc3c2ccc2c3ccc3c(-c4ccc(C(C)(C)C)cc4)c(N(c4ccc(-c5cc6ccccc6o5)cc4)c4ccc5cc6c(cc5c4)C(C)(C)c4ccccc4-6)oc32)cc1.